The zero-order valence-corrected chi connectivity index (χ0v) is 11.3. The van der Waals surface area contributed by atoms with Crippen molar-refractivity contribution in [3.63, 3.8) is 0 Å². The van der Waals surface area contributed by atoms with Crippen LogP contribution >= 0.6 is 12.4 Å². The van der Waals surface area contributed by atoms with E-state index in [-0.39, 0.29) is 12.4 Å². The van der Waals surface area contributed by atoms with E-state index in [1.54, 1.807) is 0 Å². The van der Waals surface area contributed by atoms with Crippen LogP contribution in [0, 0.1) is 0 Å². The molecule has 96 valence electrons. The molecule has 1 aromatic carbocycles. The fourth-order valence-corrected chi connectivity index (χ4v) is 2.46. The van der Waals surface area contributed by atoms with Gasteiger partial charge in [0.25, 0.3) is 0 Å². The average molecular weight is 264 g/mol. The first-order valence-corrected chi connectivity index (χ1v) is 6.13. The van der Waals surface area contributed by atoms with Crippen molar-refractivity contribution in [1.82, 2.24) is 10.3 Å². The summed E-state index contributed by atoms with van der Waals surface area (Å²) in [5.74, 6) is 0. The van der Waals surface area contributed by atoms with E-state index in [2.05, 4.69) is 46.5 Å². The van der Waals surface area contributed by atoms with E-state index in [1.165, 1.54) is 17.5 Å². The molecule has 0 unspecified atom stereocenters. The van der Waals surface area contributed by atoms with Crippen LogP contribution in [0.5, 0.6) is 0 Å². The minimum atomic E-state index is 0. The molecule has 0 aliphatic carbocycles. The number of pyridine rings is 1. The summed E-state index contributed by atoms with van der Waals surface area (Å²) in [7, 11) is 2.17. The molecule has 1 atom stereocenters. The van der Waals surface area contributed by atoms with E-state index in [0.29, 0.717) is 6.04 Å². The maximum atomic E-state index is 4.41. The largest absolute Gasteiger partial charge is 0.370 e. The molecular weight excluding hydrogens is 246 g/mol. The third-order valence-corrected chi connectivity index (χ3v) is 3.58. The Bertz CT molecular complexity index is 523. The van der Waals surface area contributed by atoms with Gasteiger partial charge in [-0.3, -0.25) is 4.98 Å². The standard InChI is InChI=1S/C14H17N3.ClH/c1-17(13-6-8-15-10-13)12-5-4-11-3-2-7-16-14(11)9-12;/h2-5,7,9,13,15H,6,8,10H2,1H3;1H/t13-;/m1./s1. The Balaban J connectivity index is 0.00000120. The van der Waals surface area contributed by atoms with Crippen LogP contribution < -0.4 is 10.2 Å². The molecule has 4 heteroatoms. The molecule has 1 saturated heterocycles. The monoisotopic (exact) mass is 263 g/mol. The van der Waals surface area contributed by atoms with Crippen molar-refractivity contribution in [3.05, 3.63) is 36.5 Å². The summed E-state index contributed by atoms with van der Waals surface area (Å²) in [6.45, 7) is 2.21. The minimum absolute atomic E-state index is 0. The third kappa shape index (κ3) is 2.42. The first-order valence-electron chi connectivity index (χ1n) is 6.13. The zero-order valence-electron chi connectivity index (χ0n) is 10.5. The van der Waals surface area contributed by atoms with Crippen molar-refractivity contribution in [1.29, 1.82) is 0 Å². The normalized spacial score (nSPS) is 18.6. The van der Waals surface area contributed by atoms with Gasteiger partial charge in [-0.15, -0.1) is 12.4 Å². The molecule has 0 spiro atoms. The number of nitrogens with zero attached hydrogens (tertiary/aromatic N) is 2. The molecular formula is C14H18ClN3. The van der Waals surface area contributed by atoms with Crippen LogP contribution in [0.15, 0.2) is 36.5 Å². The molecule has 1 aromatic heterocycles. The fourth-order valence-electron chi connectivity index (χ4n) is 2.46. The second-order valence-electron chi connectivity index (χ2n) is 4.64. The number of likely N-dealkylation sites (N-methyl/N-ethyl adjacent to an activating group) is 1. The number of fused-ring (bicyclic) bond motifs is 1. The van der Waals surface area contributed by atoms with Crippen LogP contribution in [-0.4, -0.2) is 31.2 Å². The molecule has 1 aliphatic heterocycles. The van der Waals surface area contributed by atoms with Crippen molar-refractivity contribution < 1.29 is 0 Å². The van der Waals surface area contributed by atoms with Gasteiger partial charge in [-0.25, -0.2) is 0 Å². The molecule has 2 aromatic rings. The van der Waals surface area contributed by atoms with Crippen LogP contribution in [0.25, 0.3) is 10.9 Å². The summed E-state index contributed by atoms with van der Waals surface area (Å²) in [5.41, 5.74) is 2.33. The zero-order chi connectivity index (χ0) is 11.7. The molecule has 3 rings (SSSR count). The molecule has 1 N–H and O–H groups in total. The summed E-state index contributed by atoms with van der Waals surface area (Å²) < 4.78 is 0. The SMILES string of the molecule is CN(c1ccc2cccnc2c1)[C@@H]1CCNC1.Cl. The van der Waals surface area contributed by atoms with Crippen molar-refractivity contribution >= 4 is 29.0 Å². The second kappa shape index (κ2) is 5.55. The lowest BCUT2D eigenvalue weighted by molar-refractivity contribution is 0.686. The highest BCUT2D eigenvalue weighted by molar-refractivity contribution is 5.85. The van der Waals surface area contributed by atoms with Gasteiger partial charge < -0.3 is 10.2 Å². The fraction of sp³-hybridized carbons (Fsp3) is 0.357. The molecule has 2 heterocycles. The molecule has 0 amide bonds. The second-order valence-corrected chi connectivity index (χ2v) is 4.64. The lowest BCUT2D eigenvalue weighted by Crippen LogP contribution is -2.33. The highest BCUT2D eigenvalue weighted by Gasteiger charge is 2.19. The van der Waals surface area contributed by atoms with Crippen LogP contribution in [0.2, 0.25) is 0 Å². The smallest absolute Gasteiger partial charge is 0.0722 e. The Hall–Kier alpha value is -1.32. The van der Waals surface area contributed by atoms with E-state index < -0.39 is 0 Å². The molecule has 0 saturated carbocycles. The average Bonchev–Trinajstić information content (AvgIpc) is 2.91. The Labute approximate surface area is 114 Å². The van der Waals surface area contributed by atoms with Gasteiger partial charge >= 0.3 is 0 Å². The lowest BCUT2D eigenvalue weighted by Gasteiger charge is -2.26. The summed E-state index contributed by atoms with van der Waals surface area (Å²) in [6.07, 6.45) is 3.07. The molecule has 1 fully saturated rings. The van der Waals surface area contributed by atoms with Crippen LogP contribution in [0.1, 0.15) is 6.42 Å². The highest BCUT2D eigenvalue weighted by Crippen LogP contribution is 2.22. The summed E-state index contributed by atoms with van der Waals surface area (Å²) in [5, 5.41) is 4.61. The molecule has 3 nitrogen and oxygen atoms in total. The predicted octanol–water partition coefficient (Wildman–Crippen LogP) is 2.45. The number of anilines is 1. The molecule has 0 bridgehead atoms. The Morgan fingerprint density at radius 2 is 2.22 bits per heavy atom. The van der Waals surface area contributed by atoms with Crippen LogP contribution in [0.4, 0.5) is 5.69 Å². The topological polar surface area (TPSA) is 28.2 Å². The first-order chi connectivity index (χ1) is 8.34. The summed E-state index contributed by atoms with van der Waals surface area (Å²) in [6, 6.07) is 11.2. The van der Waals surface area contributed by atoms with Gasteiger partial charge in [0.15, 0.2) is 0 Å². The van der Waals surface area contributed by atoms with Gasteiger partial charge in [0.1, 0.15) is 0 Å². The van der Waals surface area contributed by atoms with Gasteiger partial charge in [0.05, 0.1) is 5.52 Å². The van der Waals surface area contributed by atoms with E-state index >= 15 is 0 Å². The number of hydrogen-bond donors (Lipinski definition) is 1. The van der Waals surface area contributed by atoms with Crippen LogP contribution in [-0.2, 0) is 0 Å². The molecule has 0 radical (unpaired) electrons. The van der Waals surface area contributed by atoms with Crippen LogP contribution in [0.3, 0.4) is 0 Å². The number of halogens is 1. The Morgan fingerprint density at radius 3 is 3.00 bits per heavy atom. The number of nitrogens with one attached hydrogen (secondary N) is 1. The van der Waals surface area contributed by atoms with E-state index in [4.69, 9.17) is 0 Å². The summed E-state index contributed by atoms with van der Waals surface area (Å²) >= 11 is 0. The van der Waals surface area contributed by atoms with Gasteiger partial charge in [-0.05, 0) is 31.2 Å². The number of rotatable bonds is 2. The number of aromatic nitrogens is 1. The first kappa shape index (κ1) is 13.1. The Kier molecular flexibility index (Phi) is 4.04. The number of hydrogen-bond acceptors (Lipinski definition) is 3. The van der Waals surface area contributed by atoms with Gasteiger partial charge in [-0.1, -0.05) is 12.1 Å². The van der Waals surface area contributed by atoms with Gasteiger partial charge in [0, 0.05) is 36.9 Å². The quantitative estimate of drug-likeness (QED) is 0.902. The van der Waals surface area contributed by atoms with Gasteiger partial charge in [0.2, 0.25) is 0 Å². The maximum Gasteiger partial charge on any atom is 0.0722 e. The van der Waals surface area contributed by atoms with E-state index in [0.717, 1.165) is 18.6 Å². The van der Waals surface area contributed by atoms with Crippen molar-refractivity contribution in [3.8, 4) is 0 Å². The van der Waals surface area contributed by atoms with E-state index in [1.807, 2.05) is 12.3 Å². The maximum absolute atomic E-state index is 4.41. The predicted molar refractivity (Wildman–Crippen MR) is 78.7 cm³/mol. The Morgan fingerprint density at radius 1 is 1.33 bits per heavy atom. The highest BCUT2D eigenvalue weighted by atomic mass is 35.5. The number of benzene rings is 1. The van der Waals surface area contributed by atoms with Crippen molar-refractivity contribution in [2.75, 3.05) is 25.0 Å². The van der Waals surface area contributed by atoms with E-state index in [9.17, 15) is 0 Å². The summed E-state index contributed by atoms with van der Waals surface area (Å²) in [4.78, 5) is 6.76. The molecule has 18 heavy (non-hydrogen) atoms. The van der Waals surface area contributed by atoms with Crippen molar-refractivity contribution in [2.24, 2.45) is 0 Å². The third-order valence-electron chi connectivity index (χ3n) is 3.58. The molecule has 1 aliphatic rings. The van der Waals surface area contributed by atoms with Crippen molar-refractivity contribution in [2.45, 2.75) is 12.5 Å². The van der Waals surface area contributed by atoms with Gasteiger partial charge in [-0.2, -0.15) is 0 Å². The lowest BCUT2D eigenvalue weighted by atomic mass is 10.1. The minimum Gasteiger partial charge on any atom is -0.370 e.